The molecular formula is C18H31ClN2O3. The van der Waals surface area contributed by atoms with Crippen LogP contribution in [-0.2, 0) is 9.53 Å². The Bertz CT molecular complexity index is 479. The smallest absolute Gasteiger partial charge is 0.223 e. The van der Waals surface area contributed by atoms with E-state index in [1.165, 1.54) is 0 Å². The van der Waals surface area contributed by atoms with Crippen molar-refractivity contribution in [2.45, 2.75) is 45.8 Å². The topological polar surface area (TPSA) is 73.6 Å². The fraction of sp³-hybridized carbons (Fsp3) is 0.611. The van der Waals surface area contributed by atoms with Crippen molar-refractivity contribution in [3.63, 3.8) is 0 Å². The largest absolute Gasteiger partial charge is 0.494 e. The number of carbonyl (C=O) groups excluding carboxylic acids is 1. The summed E-state index contributed by atoms with van der Waals surface area (Å²) in [5, 5.41) is 3.11. The quantitative estimate of drug-likeness (QED) is 0.674. The molecule has 0 aliphatic rings. The van der Waals surface area contributed by atoms with Crippen molar-refractivity contribution in [3.8, 4) is 5.75 Å². The van der Waals surface area contributed by atoms with Gasteiger partial charge in [-0.15, -0.1) is 12.4 Å². The van der Waals surface area contributed by atoms with Crippen molar-refractivity contribution in [2.75, 3.05) is 20.3 Å². The molecule has 0 bridgehead atoms. The molecule has 3 N–H and O–H groups in total. The van der Waals surface area contributed by atoms with Crippen molar-refractivity contribution < 1.29 is 14.3 Å². The molecule has 1 aromatic carbocycles. The molecule has 0 fully saturated rings. The van der Waals surface area contributed by atoms with Crippen LogP contribution in [0.1, 0.15) is 45.2 Å². The zero-order valence-corrected chi connectivity index (χ0v) is 15.9. The van der Waals surface area contributed by atoms with Crippen molar-refractivity contribution in [1.82, 2.24) is 5.32 Å². The number of benzene rings is 1. The number of para-hydroxylation sites is 1. The Hall–Kier alpha value is -1.30. The number of amides is 1. The van der Waals surface area contributed by atoms with E-state index in [-0.39, 0.29) is 36.9 Å². The van der Waals surface area contributed by atoms with Crippen molar-refractivity contribution in [2.24, 2.45) is 11.7 Å². The van der Waals surface area contributed by atoms with E-state index in [0.29, 0.717) is 19.1 Å². The lowest BCUT2D eigenvalue weighted by Crippen LogP contribution is -2.35. The van der Waals surface area contributed by atoms with Crippen molar-refractivity contribution in [1.29, 1.82) is 0 Å². The molecule has 0 aliphatic heterocycles. The third-order valence-electron chi connectivity index (χ3n) is 3.65. The minimum atomic E-state index is -0.253. The molecule has 0 aliphatic carbocycles. The molecule has 1 aromatic rings. The van der Waals surface area contributed by atoms with Gasteiger partial charge in [0.15, 0.2) is 0 Å². The summed E-state index contributed by atoms with van der Waals surface area (Å²) in [6, 6.07) is 7.78. The van der Waals surface area contributed by atoms with Gasteiger partial charge in [0.25, 0.3) is 0 Å². The molecule has 0 saturated heterocycles. The summed E-state index contributed by atoms with van der Waals surface area (Å²) in [4.78, 5) is 12.3. The molecule has 0 spiro atoms. The van der Waals surface area contributed by atoms with E-state index >= 15 is 0 Å². The van der Waals surface area contributed by atoms with Gasteiger partial charge in [0.2, 0.25) is 5.91 Å². The van der Waals surface area contributed by atoms with E-state index in [2.05, 4.69) is 19.2 Å². The molecule has 24 heavy (non-hydrogen) atoms. The van der Waals surface area contributed by atoms with Gasteiger partial charge < -0.3 is 20.5 Å². The lowest BCUT2D eigenvalue weighted by molar-refractivity contribution is -0.124. The molecule has 2 atom stereocenters. The van der Waals surface area contributed by atoms with E-state index < -0.39 is 0 Å². The number of carbonyl (C=O) groups is 1. The molecule has 2 unspecified atom stereocenters. The van der Waals surface area contributed by atoms with Gasteiger partial charge in [0, 0.05) is 19.2 Å². The lowest BCUT2D eigenvalue weighted by atomic mass is 9.96. The van der Waals surface area contributed by atoms with Crippen LogP contribution in [0.4, 0.5) is 0 Å². The second-order valence-corrected chi connectivity index (χ2v) is 6.02. The van der Waals surface area contributed by atoms with E-state index in [1.54, 1.807) is 7.11 Å². The fourth-order valence-electron chi connectivity index (χ4n) is 2.51. The van der Waals surface area contributed by atoms with Crippen molar-refractivity contribution >= 4 is 18.3 Å². The third-order valence-corrected chi connectivity index (χ3v) is 3.65. The highest BCUT2D eigenvalue weighted by Crippen LogP contribution is 2.29. The highest BCUT2D eigenvalue weighted by Gasteiger charge is 2.21. The predicted molar refractivity (Wildman–Crippen MR) is 99.7 cm³/mol. The van der Waals surface area contributed by atoms with Gasteiger partial charge in [-0.25, -0.2) is 0 Å². The first-order chi connectivity index (χ1) is 11.0. The minimum absolute atomic E-state index is 0. The number of hydrogen-bond acceptors (Lipinski definition) is 4. The number of halogens is 1. The summed E-state index contributed by atoms with van der Waals surface area (Å²) in [5.41, 5.74) is 6.61. The molecule has 138 valence electrons. The van der Waals surface area contributed by atoms with Crippen LogP contribution >= 0.6 is 12.4 Å². The lowest BCUT2D eigenvalue weighted by Gasteiger charge is -2.24. The zero-order chi connectivity index (χ0) is 17.2. The maximum Gasteiger partial charge on any atom is 0.223 e. The normalized spacial score (nSPS) is 13.1. The Kier molecular flexibility index (Phi) is 11.5. The monoisotopic (exact) mass is 358 g/mol. The van der Waals surface area contributed by atoms with Gasteiger partial charge >= 0.3 is 0 Å². The highest BCUT2D eigenvalue weighted by atomic mass is 35.5. The number of rotatable bonds is 10. The molecule has 0 saturated carbocycles. The molecule has 1 amide bonds. The summed E-state index contributed by atoms with van der Waals surface area (Å²) in [5.74, 6) is 1.21. The summed E-state index contributed by atoms with van der Waals surface area (Å²) in [6.45, 7) is 7.16. The Morgan fingerprint density at radius 2 is 1.96 bits per heavy atom. The van der Waals surface area contributed by atoms with Crippen LogP contribution in [0.3, 0.4) is 0 Å². The maximum absolute atomic E-state index is 12.3. The molecule has 6 heteroatoms. The summed E-state index contributed by atoms with van der Waals surface area (Å²) < 4.78 is 10.9. The molecule has 0 aromatic heterocycles. The average molecular weight is 359 g/mol. The zero-order valence-electron chi connectivity index (χ0n) is 15.1. The number of methoxy groups -OCH3 is 1. The number of hydrogen-bond donors (Lipinski definition) is 2. The van der Waals surface area contributed by atoms with E-state index in [1.807, 2.05) is 31.2 Å². The Morgan fingerprint density at radius 1 is 1.29 bits per heavy atom. The van der Waals surface area contributed by atoms with Gasteiger partial charge in [0.1, 0.15) is 5.75 Å². The first-order valence-electron chi connectivity index (χ1n) is 8.25. The van der Waals surface area contributed by atoms with Crippen LogP contribution in [0.2, 0.25) is 0 Å². The molecule has 1 rings (SSSR count). The number of nitrogens with one attached hydrogen (secondary N) is 1. The van der Waals surface area contributed by atoms with Crippen LogP contribution in [0.5, 0.6) is 5.75 Å². The first-order valence-corrected chi connectivity index (χ1v) is 8.25. The standard InChI is InChI=1S/C18H30N2O3.ClH/c1-5-23-17-9-7-6-8-15(17)16(10-13(2)3)20-18(21)11-14(12-19)22-4;/h6-9,13-14,16H,5,10-12,19H2,1-4H3,(H,20,21);1H. The van der Waals surface area contributed by atoms with E-state index in [4.69, 9.17) is 15.2 Å². The minimum Gasteiger partial charge on any atom is -0.494 e. The maximum atomic E-state index is 12.3. The predicted octanol–water partition coefficient (Wildman–Crippen LogP) is 3.07. The second-order valence-electron chi connectivity index (χ2n) is 6.02. The van der Waals surface area contributed by atoms with E-state index in [9.17, 15) is 4.79 Å². The fourth-order valence-corrected chi connectivity index (χ4v) is 2.51. The molecule has 0 radical (unpaired) electrons. The van der Waals surface area contributed by atoms with Crippen LogP contribution < -0.4 is 15.8 Å². The molecule has 0 heterocycles. The SMILES string of the molecule is CCOc1ccccc1C(CC(C)C)NC(=O)CC(CN)OC.Cl. The highest BCUT2D eigenvalue weighted by molar-refractivity contribution is 5.85. The van der Waals surface area contributed by atoms with Crippen LogP contribution in [0.15, 0.2) is 24.3 Å². The van der Waals surface area contributed by atoms with Gasteiger partial charge in [-0.05, 0) is 25.3 Å². The number of nitrogens with two attached hydrogens (primary N) is 1. The number of ether oxygens (including phenoxy) is 2. The van der Waals surface area contributed by atoms with Gasteiger partial charge in [-0.3, -0.25) is 4.79 Å². The average Bonchev–Trinajstić information content (AvgIpc) is 2.52. The Labute approximate surface area is 151 Å². The van der Waals surface area contributed by atoms with Gasteiger partial charge in [-0.2, -0.15) is 0 Å². The first kappa shape index (κ1) is 22.7. The van der Waals surface area contributed by atoms with Crippen LogP contribution in [0.25, 0.3) is 0 Å². The summed E-state index contributed by atoms with van der Waals surface area (Å²) >= 11 is 0. The second kappa shape index (κ2) is 12.1. The Morgan fingerprint density at radius 3 is 2.50 bits per heavy atom. The van der Waals surface area contributed by atoms with Crippen molar-refractivity contribution in [3.05, 3.63) is 29.8 Å². The third kappa shape index (κ3) is 7.51. The Balaban J connectivity index is 0.00000529. The van der Waals surface area contributed by atoms with Gasteiger partial charge in [0.05, 0.1) is 25.2 Å². The van der Waals surface area contributed by atoms with E-state index in [0.717, 1.165) is 17.7 Å². The van der Waals surface area contributed by atoms with Gasteiger partial charge in [-0.1, -0.05) is 32.0 Å². The molecular weight excluding hydrogens is 328 g/mol. The van der Waals surface area contributed by atoms with Crippen LogP contribution in [-0.4, -0.2) is 32.3 Å². The molecule has 5 nitrogen and oxygen atoms in total. The van der Waals surface area contributed by atoms with Crippen LogP contribution in [0, 0.1) is 5.92 Å². The summed E-state index contributed by atoms with van der Waals surface area (Å²) in [7, 11) is 1.57. The summed E-state index contributed by atoms with van der Waals surface area (Å²) in [6.07, 6.45) is 0.853.